The molecule has 3 aliphatic heterocycles. The van der Waals surface area contributed by atoms with Crippen LogP contribution >= 0.6 is 11.8 Å². The minimum absolute atomic E-state index is 0.0382. The lowest BCUT2D eigenvalue weighted by molar-refractivity contribution is -0.339. The Morgan fingerprint density at radius 2 is 1.68 bits per heavy atom. The molecule has 0 unspecified atom stereocenters. The first-order valence-electron chi connectivity index (χ1n) is 9.79. The number of thioether (sulfide) groups is 1. The van der Waals surface area contributed by atoms with Gasteiger partial charge >= 0.3 is 0 Å². The molecule has 0 spiro atoms. The van der Waals surface area contributed by atoms with Gasteiger partial charge in [-0.05, 0) is 33.3 Å². The van der Waals surface area contributed by atoms with Gasteiger partial charge in [0.25, 0.3) is 0 Å². The van der Waals surface area contributed by atoms with Gasteiger partial charge in [-0.2, -0.15) is 0 Å². The van der Waals surface area contributed by atoms with Crippen LogP contribution in [0, 0.1) is 0 Å². The first-order valence-corrected chi connectivity index (χ1v) is 10.8. The van der Waals surface area contributed by atoms with Crippen LogP contribution in [0.1, 0.15) is 33.3 Å². The van der Waals surface area contributed by atoms with E-state index >= 15 is 0 Å². The summed E-state index contributed by atoms with van der Waals surface area (Å²) in [5, 5.41) is 0.0382. The van der Waals surface area contributed by atoms with Crippen molar-refractivity contribution >= 4 is 11.8 Å². The van der Waals surface area contributed by atoms with E-state index in [0.717, 1.165) is 5.75 Å². The number of hydrogen-bond donors (Lipinski definition) is 0. The monoisotopic (exact) mass is 410 g/mol. The number of hydrogen-bond acceptors (Lipinski definition) is 7. The zero-order valence-electron chi connectivity index (χ0n) is 17.1. The minimum atomic E-state index is -0.737. The van der Waals surface area contributed by atoms with E-state index in [0.29, 0.717) is 6.61 Å². The molecule has 28 heavy (non-hydrogen) atoms. The maximum Gasteiger partial charge on any atom is 0.172 e. The molecule has 3 aliphatic rings. The third-order valence-electron chi connectivity index (χ3n) is 5.29. The average Bonchev–Trinajstić information content (AvgIpc) is 3.18. The van der Waals surface area contributed by atoms with Crippen LogP contribution in [0.5, 0.6) is 0 Å². The molecule has 156 valence electrons. The van der Waals surface area contributed by atoms with Gasteiger partial charge < -0.3 is 28.4 Å². The smallest absolute Gasteiger partial charge is 0.172 e. The molecule has 1 aromatic rings. The van der Waals surface area contributed by atoms with Gasteiger partial charge in [-0.15, -0.1) is 11.8 Å². The molecule has 0 aliphatic carbocycles. The van der Waals surface area contributed by atoms with Crippen LogP contribution in [0.4, 0.5) is 0 Å². The predicted molar refractivity (Wildman–Crippen MR) is 106 cm³/mol. The largest absolute Gasteiger partial charge is 0.355 e. The highest BCUT2D eigenvalue weighted by molar-refractivity contribution is 7.99. The zero-order valence-corrected chi connectivity index (χ0v) is 17.9. The van der Waals surface area contributed by atoms with E-state index in [2.05, 4.69) is 24.3 Å². The topological polar surface area (TPSA) is 55.4 Å². The molecule has 4 rings (SSSR count). The van der Waals surface area contributed by atoms with Crippen LogP contribution in [0.25, 0.3) is 0 Å². The summed E-state index contributed by atoms with van der Waals surface area (Å²) in [6, 6.07) is 10.4. The summed E-state index contributed by atoms with van der Waals surface area (Å²) in [7, 11) is 1.68. The molecule has 0 bridgehead atoms. The summed E-state index contributed by atoms with van der Waals surface area (Å²) < 4.78 is 36.4. The van der Waals surface area contributed by atoms with Crippen molar-refractivity contribution in [2.75, 3.05) is 13.7 Å². The summed E-state index contributed by atoms with van der Waals surface area (Å²) in [5.41, 5.74) is 1.27. The molecule has 0 N–H and O–H groups in total. The highest BCUT2D eigenvalue weighted by Crippen LogP contribution is 2.44. The van der Waals surface area contributed by atoms with Gasteiger partial charge in [-0.1, -0.05) is 30.3 Å². The Labute approximate surface area is 171 Å². The van der Waals surface area contributed by atoms with E-state index in [1.54, 1.807) is 18.9 Å². The highest BCUT2D eigenvalue weighted by atomic mass is 32.2. The summed E-state index contributed by atoms with van der Waals surface area (Å²) >= 11 is 1.80. The van der Waals surface area contributed by atoms with E-state index in [1.165, 1.54) is 5.56 Å². The minimum Gasteiger partial charge on any atom is -0.355 e. The van der Waals surface area contributed by atoms with Gasteiger partial charge in [-0.3, -0.25) is 0 Å². The Balaban J connectivity index is 1.53. The third-order valence-corrected chi connectivity index (χ3v) is 6.66. The van der Waals surface area contributed by atoms with Crippen LogP contribution in [-0.4, -0.2) is 61.2 Å². The van der Waals surface area contributed by atoms with Crippen LogP contribution in [0.3, 0.4) is 0 Å². The second-order valence-corrected chi connectivity index (χ2v) is 9.56. The number of ether oxygens (including phenoxy) is 6. The normalized spacial score (nSPS) is 39.0. The summed E-state index contributed by atoms with van der Waals surface area (Å²) in [6.45, 7) is 8.19. The van der Waals surface area contributed by atoms with Crippen LogP contribution in [-0.2, 0) is 34.2 Å². The molecule has 0 radical (unpaired) electrons. The van der Waals surface area contributed by atoms with Crippen LogP contribution < -0.4 is 0 Å². The van der Waals surface area contributed by atoms with Crippen molar-refractivity contribution in [3.63, 3.8) is 0 Å². The lowest BCUT2D eigenvalue weighted by Crippen LogP contribution is -2.58. The third kappa shape index (κ3) is 4.26. The molecule has 0 saturated carbocycles. The Morgan fingerprint density at radius 1 is 0.964 bits per heavy atom. The molecule has 3 heterocycles. The molecule has 0 aromatic heterocycles. The summed E-state index contributed by atoms with van der Waals surface area (Å²) in [4.78, 5) is 0. The van der Waals surface area contributed by atoms with Crippen molar-refractivity contribution in [1.29, 1.82) is 0 Å². The molecule has 3 saturated heterocycles. The van der Waals surface area contributed by atoms with E-state index in [1.807, 2.05) is 33.8 Å². The lowest BCUT2D eigenvalue weighted by Gasteiger charge is -2.45. The maximum absolute atomic E-state index is 6.33. The van der Waals surface area contributed by atoms with E-state index in [9.17, 15) is 0 Å². The van der Waals surface area contributed by atoms with E-state index < -0.39 is 11.6 Å². The molecular formula is C21H30O6S. The van der Waals surface area contributed by atoms with Crippen molar-refractivity contribution in [2.45, 2.75) is 81.0 Å². The molecule has 3 fully saturated rings. The molecule has 7 heteroatoms. The van der Waals surface area contributed by atoms with E-state index in [4.69, 9.17) is 28.4 Å². The van der Waals surface area contributed by atoms with Gasteiger partial charge in [0.2, 0.25) is 0 Å². The van der Waals surface area contributed by atoms with Crippen molar-refractivity contribution in [3.8, 4) is 0 Å². The fourth-order valence-corrected chi connectivity index (χ4v) is 5.40. The Hall–Kier alpha value is -0.670. The number of methoxy groups -OCH3 is 1. The second kappa shape index (κ2) is 7.87. The number of benzene rings is 1. The van der Waals surface area contributed by atoms with E-state index in [-0.39, 0.29) is 36.0 Å². The van der Waals surface area contributed by atoms with Crippen molar-refractivity contribution in [1.82, 2.24) is 0 Å². The van der Waals surface area contributed by atoms with Crippen molar-refractivity contribution in [2.24, 2.45) is 0 Å². The SMILES string of the molecule is CO[C@@H]1O[C@@H]2[C@@H](OC(C)(C)O[C@@H]2[C@@H]2COC(C)(C)O2)[C@@H]1SCc1ccccc1. The van der Waals surface area contributed by atoms with Gasteiger partial charge in [0, 0.05) is 12.9 Å². The van der Waals surface area contributed by atoms with Gasteiger partial charge in [0.15, 0.2) is 17.9 Å². The fraction of sp³-hybridized carbons (Fsp3) is 0.714. The molecule has 0 amide bonds. The first-order chi connectivity index (χ1) is 13.3. The highest BCUT2D eigenvalue weighted by Gasteiger charge is 2.58. The Bertz CT molecular complexity index is 666. The number of fused-ring (bicyclic) bond motifs is 1. The quantitative estimate of drug-likeness (QED) is 0.738. The van der Waals surface area contributed by atoms with Crippen LogP contribution in [0.15, 0.2) is 30.3 Å². The lowest BCUT2D eigenvalue weighted by atomic mass is 10.00. The van der Waals surface area contributed by atoms with Gasteiger partial charge in [0.1, 0.15) is 24.4 Å². The average molecular weight is 411 g/mol. The molecule has 1 aromatic carbocycles. The molecular weight excluding hydrogens is 380 g/mol. The zero-order chi connectivity index (χ0) is 19.9. The second-order valence-electron chi connectivity index (χ2n) is 8.40. The summed E-state index contributed by atoms with van der Waals surface area (Å²) in [5.74, 6) is -0.491. The molecule has 6 nitrogen and oxygen atoms in total. The maximum atomic E-state index is 6.33. The Kier molecular flexibility index (Phi) is 5.79. The molecule has 6 atom stereocenters. The Morgan fingerprint density at radius 3 is 2.32 bits per heavy atom. The predicted octanol–water partition coefficient (Wildman–Crippen LogP) is 3.33. The summed E-state index contributed by atoms with van der Waals surface area (Å²) in [6.07, 6.45) is -1.27. The van der Waals surface area contributed by atoms with Crippen molar-refractivity contribution in [3.05, 3.63) is 35.9 Å². The standard InChI is InChI=1S/C21H30O6S/c1-20(2)23-11-14(25-20)15-16-17(27-21(3,4)26-15)18(19(22-5)24-16)28-12-13-9-7-6-8-10-13/h6-10,14-19H,11-12H2,1-5H3/t14-,15+,16-,17+,18-,19+/m0/s1. The number of rotatable bonds is 5. The first kappa shape index (κ1) is 20.6. The van der Waals surface area contributed by atoms with Crippen molar-refractivity contribution < 1.29 is 28.4 Å². The van der Waals surface area contributed by atoms with Gasteiger partial charge in [0.05, 0.1) is 11.9 Å². The van der Waals surface area contributed by atoms with Gasteiger partial charge in [-0.25, -0.2) is 0 Å². The fourth-order valence-electron chi connectivity index (χ4n) is 4.09. The van der Waals surface area contributed by atoms with Crippen LogP contribution in [0.2, 0.25) is 0 Å².